The highest BCUT2D eigenvalue weighted by molar-refractivity contribution is 7.98. The SMILES string of the molecule is CS(=O)(=O)N1CCC[C@@H](C(=O)NCCSCc2ccc(Cl)cc2)C1. The molecule has 0 radical (unpaired) electrons. The Kier molecular flexibility index (Phi) is 7.40. The molecule has 1 fully saturated rings. The van der Waals surface area contributed by atoms with E-state index in [2.05, 4.69) is 5.32 Å². The van der Waals surface area contributed by atoms with Gasteiger partial charge in [-0.15, -0.1) is 0 Å². The van der Waals surface area contributed by atoms with Gasteiger partial charge in [0.15, 0.2) is 0 Å². The second-order valence-corrected chi connectivity index (χ2v) is 9.45. The minimum absolute atomic E-state index is 0.0459. The van der Waals surface area contributed by atoms with Crippen LogP contribution in [0, 0.1) is 5.92 Å². The number of hydrogen-bond donors (Lipinski definition) is 1. The lowest BCUT2D eigenvalue weighted by Crippen LogP contribution is -2.45. The maximum Gasteiger partial charge on any atom is 0.224 e. The van der Waals surface area contributed by atoms with Gasteiger partial charge in [0, 0.05) is 36.2 Å². The first-order chi connectivity index (χ1) is 11.4. The van der Waals surface area contributed by atoms with Crippen molar-refractivity contribution in [2.24, 2.45) is 5.92 Å². The van der Waals surface area contributed by atoms with Crippen molar-refractivity contribution in [1.29, 1.82) is 0 Å². The molecule has 8 heteroatoms. The maximum atomic E-state index is 12.2. The number of halogens is 1. The smallest absolute Gasteiger partial charge is 0.224 e. The van der Waals surface area contributed by atoms with Crippen LogP contribution in [0.3, 0.4) is 0 Å². The summed E-state index contributed by atoms with van der Waals surface area (Å²) in [5.41, 5.74) is 1.20. The molecule has 1 atom stereocenters. The van der Waals surface area contributed by atoms with E-state index in [4.69, 9.17) is 11.6 Å². The number of nitrogens with zero attached hydrogens (tertiary/aromatic N) is 1. The zero-order chi connectivity index (χ0) is 17.6. The van der Waals surface area contributed by atoms with Gasteiger partial charge in [0.2, 0.25) is 15.9 Å². The van der Waals surface area contributed by atoms with Crippen molar-refractivity contribution < 1.29 is 13.2 Å². The van der Waals surface area contributed by atoms with Gasteiger partial charge in [0.05, 0.1) is 12.2 Å². The summed E-state index contributed by atoms with van der Waals surface area (Å²) in [6, 6.07) is 7.73. The first-order valence-electron chi connectivity index (χ1n) is 7.91. The van der Waals surface area contributed by atoms with Gasteiger partial charge < -0.3 is 5.32 Å². The summed E-state index contributed by atoms with van der Waals surface area (Å²) >= 11 is 7.59. The van der Waals surface area contributed by atoms with Crippen LogP contribution in [0.2, 0.25) is 5.02 Å². The van der Waals surface area contributed by atoms with E-state index < -0.39 is 10.0 Å². The molecule has 1 aliphatic heterocycles. The lowest BCUT2D eigenvalue weighted by molar-refractivity contribution is -0.125. The fraction of sp³-hybridized carbons (Fsp3) is 0.562. The molecule has 0 aromatic heterocycles. The van der Waals surface area contributed by atoms with E-state index in [1.807, 2.05) is 24.3 Å². The average molecular weight is 391 g/mol. The molecule has 0 bridgehead atoms. The van der Waals surface area contributed by atoms with Crippen LogP contribution in [-0.4, -0.2) is 50.3 Å². The summed E-state index contributed by atoms with van der Waals surface area (Å²) in [5.74, 6) is 1.40. The minimum atomic E-state index is -3.22. The summed E-state index contributed by atoms with van der Waals surface area (Å²) in [6.07, 6.45) is 2.67. The summed E-state index contributed by atoms with van der Waals surface area (Å²) < 4.78 is 24.6. The summed E-state index contributed by atoms with van der Waals surface area (Å²) in [7, 11) is -3.22. The zero-order valence-electron chi connectivity index (χ0n) is 13.7. The number of hydrogen-bond acceptors (Lipinski definition) is 4. The second-order valence-electron chi connectivity index (χ2n) is 5.93. The number of thioether (sulfide) groups is 1. The van der Waals surface area contributed by atoms with Crippen molar-refractivity contribution in [3.63, 3.8) is 0 Å². The molecule has 134 valence electrons. The Balaban J connectivity index is 1.66. The maximum absolute atomic E-state index is 12.2. The molecule has 0 aliphatic carbocycles. The topological polar surface area (TPSA) is 66.5 Å². The van der Waals surface area contributed by atoms with E-state index in [1.54, 1.807) is 11.8 Å². The average Bonchev–Trinajstić information content (AvgIpc) is 2.55. The molecule has 1 aliphatic rings. The normalized spacial score (nSPS) is 19.2. The Morgan fingerprint density at radius 1 is 1.38 bits per heavy atom. The van der Waals surface area contributed by atoms with Crippen molar-refractivity contribution in [2.45, 2.75) is 18.6 Å². The van der Waals surface area contributed by atoms with Gasteiger partial charge >= 0.3 is 0 Å². The van der Waals surface area contributed by atoms with Crippen LogP contribution < -0.4 is 5.32 Å². The Morgan fingerprint density at radius 3 is 2.75 bits per heavy atom. The van der Waals surface area contributed by atoms with Crippen LogP contribution in [0.1, 0.15) is 18.4 Å². The molecular formula is C16H23ClN2O3S2. The minimum Gasteiger partial charge on any atom is -0.355 e. The van der Waals surface area contributed by atoms with Crippen LogP contribution in [0.4, 0.5) is 0 Å². The summed E-state index contributed by atoms with van der Waals surface area (Å²) in [6.45, 7) is 1.40. The van der Waals surface area contributed by atoms with E-state index in [9.17, 15) is 13.2 Å². The van der Waals surface area contributed by atoms with Crippen molar-refractivity contribution in [3.05, 3.63) is 34.9 Å². The number of nitrogens with one attached hydrogen (secondary N) is 1. The quantitative estimate of drug-likeness (QED) is 0.726. The highest BCUT2D eigenvalue weighted by atomic mass is 35.5. The van der Waals surface area contributed by atoms with Crippen LogP contribution in [-0.2, 0) is 20.6 Å². The Bertz CT molecular complexity index is 650. The number of carbonyl (C=O) groups is 1. The van der Waals surface area contributed by atoms with E-state index in [0.717, 1.165) is 29.4 Å². The molecule has 0 spiro atoms. The molecule has 2 rings (SSSR count). The van der Waals surface area contributed by atoms with Crippen LogP contribution in [0.25, 0.3) is 0 Å². The number of piperidine rings is 1. The number of amides is 1. The molecule has 1 amide bonds. The zero-order valence-corrected chi connectivity index (χ0v) is 16.1. The molecule has 0 saturated carbocycles. The molecular weight excluding hydrogens is 368 g/mol. The molecule has 0 unspecified atom stereocenters. The number of carbonyl (C=O) groups excluding carboxylic acids is 1. The molecule has 1 heterocycles. The van der Waals surface area contributed by atoms with Gasteiger partial charge in [-0.1, -0.05) is 23.7 Å². The molecule has 1 aromatic carbocycles. The predicted molar refractivity (Wildman–Crippen MR) is 99.8 cm³/mol. The van der Waals surface area contributed by atoms with Crippen molar-refractivity contribution in [3.8, 4) is 0 Å². The number of sulfonamides is 1. The number of benzene rings is 1. The Labute approximate surface area is 153 Å². The molecule has 1 saturated heterocycles. The third kappa shape index (κ3) is 6.27. The first-order valence-corrected chi connectivity index (χ1v) is 11.3. The molecule has 24 heavy (non-hydrogen) atoms. The van der Waals surface area contributed by atoms with Crippen molar-refractivity contribution >= 4 is 39.3 Å². The van der Waals surface area contributed by atoms with Gasteiger partial charge in [-0.2, -0.15) is 11.8 Å². The molecule has 5 nitrogen and oxygen atoms in total. The fourth-order valence-electron chi connectivity index (χ4n) is 2.62. The van der Waals surface area contributed by atoms with Crippen molar-refractivity contribution in [1.82, 2.24) is 9.62 Å². The van der Waals surface area contributed by atoms with Crippen LogP contribution in [0.5, 0.6) is 0 Å². The van der Waals surface area contributed by atoms with Gasteiger partial charge in [-0.05, 0) is 30.5 Å². The largest absolute Gasteiger partial charge is 0.355 e. The third-order valence-corrected chi connectivity index (χ3v) is 6.50. The lowest BCUT2D eigenvalue weighted by Gasteiger charge is -2.30. The van der Waals surface area contributed by atoms with Crippen LogP contribution in [0.15, 0.2) is 24.3 Å². The summed E-state index contributed by atoms with van der Waals surface area (Å²) in [5, 5.41) is 3.65. The van der Waals surface area contributed by atoms with Crippen molar-refractivity contribution in [2.75, 3.05) is 31.6 Å². The van der Waals surface area contributed by atoms with Crippen LogP contribution >= 0.6 is 23.4 Å². The van der Waals surface area contributed by atoms with E-state index >= 15 is 0 Å². The van der Waals surface area contributed by atoms with Gasteiger partial charge in [-0.25, -0.2) is 12.7 Å². The highest BCUT2D eigenvalue weighted by Crippen LogP contribution is 2.19. The standard InChI is InChI=1S/C16H23ClN2O3S2/c1-24(21,22)19-9-2-3-14(11-19)16(20)18-8-10-23-12-13-4-6-15(17)7-5-13/h4-7,14H,2-3,8-12H2,1H3,(H,18,20)/t14-/m1/s1. The van der Waals surface area contributed by atoms with E-state index in [0.29, 0.717) is 19.6 Å². The lowest BCUT2D eigenvalue weighted by atomic mass is 9.99. The first kappa shape index (κ1) is 19.6. The molecule has 1 aromatic rings. The van der Waals surface area contributed by atoms with Gasteiger partial charge in [-0.3, -0.25) is 4.79 Å². The third-order valence-electron chi connectivity index (χ3n) is 3.95. The Hall–Kier alpha value is -0.760. The fourth-order valence-corrected chi connectivity index (χ4v) is 4.48. The monoisotopic (exact) mass is 390 g/mol. The molecule has 1 N–H and O–H groups in total. The van der Waals surface area contributed by atoms with Gasteiger partial charge in [0.25, 0.3) is 0 Å². The van der Waals surface area contributed by atoms with E-state index in [-0.39, 0.29) is 11.8 Å². The number of rotatable bonds is 7. The second kappa shape index (κ2) is 9.08. The predicted octanol–water partition coefficient (Wildman–Crippen LogP) is 2.36. The summed E-state index contributed by atoms with van der Waals surface area (Å²) in [4.78, 5) is 12.2. The van der Waals surface area contributed by atoms with E-state index in [1.165, 1.54) is 16.1 Å². The highest BCUT2D eigenvalue weighted by Gasteiger charge is 2.29. The van der Waals surface area contributed by atoms with Gasteiger partial charge in [0.1, 0.15) is 0 Å². The Morgan fingerprint density at radius 2 is 2.08 bits per heavy atom.